The van der Waals surface area contributed by atoms with Crippen LogP contribution in [0.1, 0.15) is 13.8 Å². The molecule has 0 heterocycles. The smallest absolute Gasteiger partial charge is 0.251 e. The molecule has 0 bridgehead atoms. The van der Waals surface area contributed by atoms with Crippen LogP contribution in [0.2, 0.25) is 0 Å². The average Bonchev–Trinajstić information content (AvgIpc) is 2.39. The van der Waals surface area contributed by atoms with Crippen molar-refractivity contribution in [2.75, 3.05) is 6.61 Å². The van der Waals surface area contributed by atoms with Gasteiger partial charge in [-0.15, -0.1) is 0 Å². The quantitative estimate of drug-likeness (QED) is 0.251. The van der Waals surface area contributed by atoms with Crippen molar-refractivity contribution in [3.8, 4) is 0 Å². The molecule has 2 amide bonds. The molecule has 0 spiro atoms. The van der Waals surface area contributed by atoms with Crippen molar-refractivity contribution in [1.29, 1.82) is 0 Å². The molecule has 6 N–H and O–H groups in total. The summed E-state index contributed by atoms with van der Waals surface area (Å²) in [5.41, 5.74) is 0. The van der Waals surface area contributed by atoms with Crippen molar-refractivity contribution >= 4 is 18.1 Å². The van der Waals surface area contributed by atoms with E-state index in [-0.39, 0.29) is 6.29 Å². The molecule has 9 heteroatoms. The highest BCUT2D eigenvalue weighted by Crippen LogP contribution is 2.05. The van der Waals surface area contributed by atoms with E-state index in [1.807, 2.05) is 0 Å². The van der Waals surface area contributed by atoms with E-state index >= 15 is 0 Å². The number of aliphatic hydroxyl groups excluding tert-OH is 4. The lowest BCUT2D eigenvalue weighted by Gasteiger charge is -2.30. The van der Waals surface area contributed by atoms with E-state index in [9.17, 15) is 24.6 Å². The lowest BCUT2D eigenvalue weighted by Crippen LogP contribution is -2.59. The predicted octanol–water partition coefficient (Wildman–Crippen LogP) is -3.73. The summed E-state index contributed by atoms with van der Waals surface area (Å²) >= 11 is 0. The molecule has 0 fully saturated rings. The summed E-state index contributed by atoms with van der Waals surface area (Å²) in [6.45, 7) is 1.54. The summed E-state index contributed by atoms with van der Waals surface area (Å²) in [7, 11) is 0. The fourth-order valence-electron chi connectivity index (χ4n) is 1.49. The Morgan fingerprint density at radius 1 is 1.20 bits per heavy atom. The molecular formula is C11H20N2O7. The van der Waals surface area contributed by atoms with Crippen LogP contribution in [0.4, 0.5) is 0 Å². The maximum Gasteiger partial charge on any atom is 0.251 e. The zero-order valence-corrected chi connectivity index (χ0v) is 11.2. The number of amides is 2. The van der Waals surface area contributed by atoms with Crippen LogP contribution in [0.5, 0.6) is 0 Å². The van der Waals surface area contributed by atoms with Gasteiger partial charge in [0.05, 0.1) is 18.8 Å². The molecule has 0 aromatic heterocycles. The molecule has 0 radical (unpaired) electrons. The Morgan fingerprint density at radius 3 is 2.10 bits per heavy atom. The van der Waals surface area contributed by atoms with Gasteiger partial charge in [-0.1, -0.05) is 0 Å². The van der Waals surface area contributed by atoms with Crippen molar-refractivity contribution < 1.29 is 34.8 Å². The molecule has 0 aliphatic carbocycles. The molecule has 9 nitrogen and oxygen atoms in total. The molecule has 0 saturated heterocycles. The maximum absolute atomic E-state index is 11.4. The van der Waals surface area contributed by atoms with Gasteiger partial charge in [-0.05, 0) is 6.92 Å². The van der Waals surface area contributed by atoms with Gasteiger partial charge in [0.2, 0.25) is 5.91 Å². The zero-order valence-electron chi connectivity index (χ0n) is 11.2. The summed E-state index contributed by atoms with van der Waals surface area (Å²) in [4.78, 5) is 33.1. The molecular weight excluding hydrogens is 272 g/mol. The van der Waals surface area contributed by atoms with Crippen molar-refractivity contribution in [3.05, 3.63) is 0 Å². The summed E-state index contributed by atoms with van der Waals surface area (Å²) in [5.74, 6) is -1.60. The summed E-state index contributed by atoms with van der Waals surface area (Å²) in [6, 6.07) is -2.65. The third kappa shape index (κ3) is 5.61. The Bertz CT molecular complexity index is 348. The number of carbonyl (C=O) groups excluding carboxylic acids is 3. The first-order valence-corrected chi connectivity index (χ1v) is 5.92. The van der Waals surface area contributed by atoms with E-state index in [4.69, 9.17) is 10.2 Å². The standard InChI is InChI=1S/C11H20N2O7/c1-5(16)9(13-11(20)8(18)4-15)10(19)7(3-14)12-6(2)17/h3,5,7-10,15-16,18-19H,4H2,1-2H3,(H,12,17)(H,13,20)/t5-,7+,8?,9-,10-/m1/s1. The second-order valence-corrected chi connectivity index (χ2v) is 4.33. The van der Waals surface area contributed by atoms with Crippen molar-refractivity contribution in [2.45, 2.75) is 44.2 Å². The molecule has 0 aliphatic heterocycles. The predicted molar refractivity (Wildman–Crippen MR) is 66.4 cm³/mol. The normalized spacial score (nSPS) is 18.3. The van der Waals surface area contributed by atoms with E-state index in [0.717, 1.165) is 6.92 Å². The minimum atomic E-state index is -1.72. The van der Waals surface area contributed by atoms with Crippen LogP contribution in [0, 0.1) is 0 Å². The minimum absolute atomic E-state index is 0.260. The van der Waals surface area contributed by atoms with Crippen LogP contribution in [0.15, 0.2) is 0 Å². The Hall–Kier alpha value is -1.55. The van der Waals surface area contributed by atoms with Crippen LogP contribution in [-0.2, 0) is 14.4 Å². The first kappa shape index (κ1) is 18.4. The van der Waals surface area contributed by atoms with Crippen LogP contribution in [0.25, 0.3) is 0 Å². The highest BCUT2D eigenvalue weighted by Gasteiger charge is 2.33. The monoisotopic (exact) mass is 292 g/mol. The van der Waals surface area contributed by atoms with Crippen molar-refractivity contribution in [1.82, 2.24) is 10.6 Å². The molecule has 0 aromatic rings. The summed E-state index contributed by atoms with van der Waals surface area (Å²) in [5, 5.41) is 41.4. The van der Waals surface area contributed by atoms with Gasteiger partial charge in [-0.3, -0.25) is 9.59 Å². The largest absolute Gasteiger partial charge is 0.393 e. The average molecular weight is 292 g/mol. The minimum Gasteiger partial charge on any atom is -0.393 e. The molecule has 116 valence electrons. The maximum atomic E-state index is 11.4. The van der Waals surface area contributed by atoms with Gasteiger partial charge in [0.25, 0.3) is 5.91 Å². The van der Waals surface area contributed by atoms with Gasteiger partial charge in [0, 0.05) is 6.92 Å². The number of aldehydes is 1. The van der Waals surface area contributed by atoms with Crippen molar-refractivity contribution in [3.63, 3.8) is 0 Å². The van der Waals surface area contributed by atoms with E-state index in [1.165, 1.54) is 6.92 Å². The van der Waals surface area contributed by atoms with Crippen LogP contribution in [0.3, 0.4) is 0 Å². The third-order valence-electron chi connectivity index (χ3n) is 2.56. The second kappa shape index (κ2) is 8.59. The van der Waals surface area contributed by atoms with Gasteiger partial charge in [0.1, 0.15) is 18.4 Å². The molecule has 0 aromatic carbocycles. The highest BCUT2D eigenvalue weighted by molar-refractivity contribution is 5.81. The number of hydrogen-bond acceptors (Lipinski definition) is 7. The number of rotatable bonds is 8. The number of aliphatic hydroxyl groups is 4. The number of hydrogen-bond donors (Lipinski definition) is 6. The topological polar surface area (TPSA) is 156 Å². The lowest BCUT2D eigenvalue weighted by molar-refractivity contribution is -0.135. The van der Waals surface area contributed by atoms with Gasteiger partial charge >= 0.3 is 0 Å². The third-order valence-corrected chi connectivity index (χ3v) is 2.56. The first-order valence-electron chi connectivity index (χ1n) is 5.92. The van der Waals surface area contributed by atoms with Crippen molar-refractivity contribution in [2.24, 2.45) is 0 Å². The highest BCUT2D eigenvalue weighted by atomic mass is 16.3. The fourth-order valence-corrected chi connectivity index (χ4v) is 1.49. The van der Waals surface area contributed by atoms with Crippen LogP contribution >= 0.6 is 0 Å². The Balaban J connectivity index is 4.93. The summed E-state index contributed by atoms with van der Waals surface area (Å²) in [6.07, 6.45) is -4.34. The van der Waals surface area contributed by atoms with Gasteiger partial charge in [-0.2, -0.15) is 0 Å². The fraction of sp³-hybridized carbons (Fsp3) is 0.727. The molecule has 5 atom stereocenters. The van der Waals surface area contributed by atoms with E-state index in [0.29, 0.717) is 0 Å². The van der Waals surface area contributed by atoms with E-state index in [1.54, 1.807) is 0 Å². The van der Waals surface area contributed by atoms with Gasteiger partial charge in [-0.25, -0.2) is 0 Å². The van der Waals surface area contributed by atoms with Crippen LogP contribution < -0.4 is 10.6 Å². The first-order chi connectivity index (χ1) is 9.24. The molecule has 0 saturated carbocycles. The summed E-state index contributed by atoms with van der Waals surface area (Å²) < 4.78 is 0. The molecule has 1 unspecified atom stereocenters. The van der Waals surface area contributed by atoms with Gasteiger partial charge < -0.3 is 35.9 Å². The number of nitrogens with one attached hydrogen (secondary N) is 2. The molecule has 0 aliphatic rings. The SMILES string of the molecule is CC(=O)N[C@@H](C=O)[C@@H](O)[C@H](NC(=O)C(O)CO)[C@@H](C)O. The Kier molecular flexibility index (Phi) is 7.92. The molecule has 20 heavy (non-hydrogen) atoms. The van der Waals surface area contributed by atoms with Crippen LogP contribution in [-0.4, -0.2) is 75.5 Å². The lowest BCUT2D eigenvalue weighted by atomic mass is 9.99. The van der Waals surface area contributed by atoms with Gasteiger partial charge in [0.15, 0.2) is 6.10 Å². The van der Waals surface area contributed by atoms with E-state index in [2.05, 4.69) is 10.6 Å². The van der Waals surface area contributed by atoms with E-state index < -0.39 is 48.8 Å². The Morgan fingerprint density at radius 2 is 1.75 bits per heavy atom. The Labute approximate surface area is 115 Å². The molecule has 0 rings (SSSR count). The zero-order chi connectivity index (χ0) is 15.9. The number of carbonyl (C=O) groups is 3. The second-order valence-electron chi connectivity index (χ2n) is 4.33.